The zero-order chi connectivity index (χ0) is 19.8. The summed E-state index contributed by atoms with van der Waals surface area (Å²) in [6.45, 7) is 2.51. The summed E-state index contributed by atoms with van der Waals surface area (Å²) in [6.07, 6.45) is 0. The summed E-state index contributed by atoms with van der Waals surface area (Å²) in [4.78, 5) is 24.2. The second-order valence-electron chi connectivity index (χ2n) is 5.49. The normalized spacial score (nSPS) is 10.3. The van der Waals surface area contributed by atoms with Gasteiger partial charge in [0.2, 0.25) is 11.0 Å². The molecule has 0 atom stereocenters. The number of anilines is 2. The van der Waals surface area contributed by atoms with Crippen LogP contribution < -0.4 is 15.4 Å². The van der Waals surface area contributed by atoms with Gasteiger partial charge in [-0.25, -0.2) is 0 Å². The van der Waals surface area contributed by atoms with Crippen LogP contribution in [0.15, 0.2) is 58.9 Å². The third kappa shape index (κ3) is 5.80. The van der Waals surface area contributed by atoms with Gasteiger partial charge in [-0.1, -0.05) is 41.3 Å². The van der Waals surface area contributed by atoms with Crippen LogP contribution in [-0.4, -0.2) is 34.4 Å². The summed E-state index contributed by atoms with van der Waals surface area (Å²) in [6, 6.07) is 16.0. The van der Waals surface area contributed by atoms with Gasteiger partial charge >= 0.3 is 0 Å². The molecule has 0 fully saturated rings. The molecular formula is C19H18N4O3S2. The molecule has 0 saturated carbocycles. The first-order valence-corrected chi connectivity index (χ1v) is 10.3. The zero-order valence-corrected chi connectivity index (χ0v) is 16.7. The average molecular weight is 415 g/mol. The number of hydrogen-bond acceptors (Lipinski definition) is 7. The number of nitrogens with one attached hydrogen (secondary N) is 2. The van der Waals surface area contributed by atoms with Crippen LogP contribution in [0.25, 0.3) is 0 Å². The molecule has 0 radical (unpaired) electrons. The summed E-state index contributed by atoms with van der Waals surface area (Å²) in [5.41, 5.74) is 1.24. The number of hydrogen-bond donors (Lipinski definition) is 2. The van der Waals surface area contributed by atoms with E-state index in [1.807, 2.05) is 13.0 Å². The molecule has 1 aromatic heterocycles. The van der Waals surface area contributed by atoms with Gasteiger partial charge in [0.15, 0.2) is 4.34 Å². The monoisotopic (exact) mass is 414 g/mol. The molecule has 2 amide bonds. The molecule has 3 aromatic rings. The molecule has 0 aliphatic rings. The van der Waals surface area contributed by atoms with Crippen molar-refractivity contribution in [3.05, 3.63) is 60.2 Å². The van der Waals surface area contributed by atoms with Crippen molar-refractivity contribution < 1.29 is 14.3 Å². The van der Waals surface area contributed by atoms with E-state index in [0.717, 1.165) is 5.75 Å². The Morgan fingerprint density at radius 3 is 2.50 bits per heavy atom. The molecule has 144 valence electrons. The van der Waals surface area contributed by atoms with Gasteiger partial charge in [-0.05, 0) is 43.3 Å². The van der Waals surface area contributed by atoms with Crippen LogP contribution >= 0.6 is 23.1 Å². The number of nitrogens with zero attached hydrogens (tertiary/aromatic N) is 2. The fourth-order valence-electron chi connectivity index (χ4n) is 2.20. The van der Waals surface area contributed by atoms with Gasteiger partial charge in [0.05, 0.1) is 12.4 Å². The molecule has 0 saturated heterocycles. The lowest BCUT2D eigenvalue weighted by molar-refractivity contribution is -0.113. The number of carbonyl (C=O) groups is 2. The molecule has 0 spiro atoms. The zero-order valence-electron chi connectivity index (χ0n) is 15.0. The van der Waals surface area contributed by atoms with E-state index in [4.69, 9.17) is 4.74 Å². The molecular weight excluding hydrogens is 396 g/mol. The van der Waals surface area contributed by atoms with Gasteiger partial charge in [0, 0.05) is 11.3 Å². The number of ether oxygens (including phenoxy) is 1. The van der Waals surface area contributed by atoms with Crippen molar-refractivity contribution in [1.29, 1.82) is 0 Å². The van der Waals surface area contributed by atoms with Crippen LogP contribution in [0.3, 0.4) is 0 Å². The van der Waals surface area contributed by atoms with Gasteiger partial charge in [0.1, 0.15) is 5.75 Å². The molecule has 0 aliphatic heterocycles. The van der Waals surface area contributed by atoms with E-state index in [0.29, 0.717) is 27.3 Å². The number of rotatable bonds is 8. The first kappa shape index (κ1) is 19.8. The van der Waals surface area contributed by atoms with Crippen molar-refractivity contribution >= 4 is 45.7 Å². The molecule has 0 bridgehead atoms. The van der Waals surface area contributed by atoms with Gasteiger partial charge in [0.25, 0.3) is 5.91 Å². The Kier molecular flexibility index (Phi) is 6.99. The van der Waals surface area contributed by atoms with E-state index in [2.05, 4.69) is 20.8 Å². The fraction of sp³-hybridized carbons (Fsp3) is 0.158. The van der Waals surface area contributed by atoms with E-state index in [9.17, 15) is 9.59 Å². The van der Waals surface area contributed by atoms with Crippen LogP contribution in [-0.2, 0) is 4.79 Å². The first-order chi connectivity index (χ1) is 13.6. The summed E-state index contributed by atoms with van der Waals surface area (Å²) < 4.78 is 5.97. The molecule has 28 heavy (non-hydrogen) atoms. The van der Waals surface area contributed by atoms with Gasteiger partial charge in [-0.15, -0.1) is 10.2 Å². The standard InChI is InChI=1S/C19H18N4O3S2/c1-2-26-15-10-8-14(9-11-15)20-16(24)12-27-19-23-22-18(28-19)21-17(25)13-6-4-3-5-7-13/h3-11H,2,12H2,1H3,(H,20,24)(H,21,22,25). The second kappa shape index (κ2) is 9.86. The number of carbonyl (C=O) groups excluding carboxylic acids is 2. The van der Waals surface area contributed by atoms with E-state index < -0.39 is 0 Å². The smallest absolute Gasteiger partial charge is 0.257 e. The highest BCUT2D eigenvalue weighted by Gasteiger charge is 2.12. The predicted octanol–water partition coefficient (Wildman–Crippen LogP) is 3.92. The Morgan fingerprint density at radius 1 is 1.04 bits per heavy atom. The average Bonchev–Trinajstić information content (AvgIpc) is 3.16. The SMILES string of the molecule is CCOc1ccc(NC(=O)CSc2nnc(NC(=O)c3ccccc3)s2)cc1. The van der Waals surface area contributed by atoms with Crippen molar-refractivity contribution in [2.75, 3.05) is 23.0 Å². The summed E-state index contributed by atoms with van der Waals surface area (Å²) in [5, 5.41) is 13.8. The molecule has 1 heterocycles. The maximum absolute atomic E-state index is 12.1. The molecule has 2 N–H and O–H groups in total. The summed E-state index contributed by atoms with van der Waals surface area (Å²) >= 11 is 2.48. The number of thioether (sulfide) groups is 1. The molecule has 3 rings (SSSR count). The predicted molar refractivity (Wildman–Crippen MR) is 111 cm³/mol. The lowest BCUT2D eigenvalue weighted by Gasteiger charge is -2.06. The van der Waals surface area contributed by atoms with E-state index in [1.54, 1.807) is 48.5 Å². The third-order valence-electron chi connectivity index (χ3n) is 3.44. The fourth-order valence-corrected chi connectivity index (χ4v) is 3.75. The molecule has 9 heteroatoms. The van der Waals surface area contributed by atoms with Crippen molar-refractivity contribution in [2.24, 2.45) is 0 Å². The molecule has 0 aliphatic carbocycles. The molecule has 0 unspecified atom stereocenters. The van der Waals surface area contributed by atoms with E-state index >= 15 is 0 Å². The Bertz CT molecular complexity index is 930. The van der Waals surface area contributed by atoms with Crippen LogP contribution in [0.5, 0.6) is 5.75 Å². The lowest BCUT2D eigenvalue weighted by Crippen LogP contribution is -2.13. The minimum Gasteiger partial charge on any atom is -0.494 e. The highest BCUT2D eigenvalue weighted by Crippen LogP contribution is 2.26. The van der Waals surface area contributed by atoms with Crippen LogP contribution in [0, 0.1) is 0 Å². The van der Waals surface area contributed by atoms with Crippen molar-refractivity contribution in [2.45, 2.75) is 11.3 Å². The Hall–Kier alpha value is -2.91. The quantitative estimate of drug-likeness (QED) is 0.429. The van der Waals surface area contributed by atoms with Crippen molar-refractivity contribution in [3.63, 3.8) is 0 Å². The third-order valence-corrected chi connectivity index (χ3v) is 5.41. The van der Waals surface area contributed by atoms with Crippen LogP contribution in [0.4, 0.5) is 10.8 Å². The summed E-state index contributed by atoms with van der Waals surface area (Å²) in [5.74, 6) is 0.545. The number of amides is 2. The molecule has 7 nitrogen and oxygen atoms in total. The topological polar surface area (TPSA) is 93.2 Å². The van der Waals surface area contributed by atoms with Gasteiger partial charge in [-0.3, -0.25) is 14.9 Å². The van der Waals surface area contributed by atoms with E-state index in [-0.39, 0.29) is 17.6 Å². The number of benzene rings is 2. The van der Waals surface area contributed by atoms with Gasteiger partial charge < -0.3 is 10.1 Å². The maximum atomic E-state index is 12.1. The minimum absolute atomic E-state index is 0.153. The van der Waals surface area contributed by atoms with Crippen LogP contribution in [0.1, 0.15) is 17.3 Å². The Balaban J connectivity index is 1.47. The lowest BCUT2D eigenvalue weighted by atomic mass is 10.2. The Morgan fingerprint density at radius 2 is 1.79 bits per heavy atom. The summed E-state index contributed by atoms with van der Waals surface area (Å²) in [7, 11) is 0. The van der Waals surface area contributed by atoms with Crippen molar-refractivity contribution in [1.82, 2.24) is 10.2 Å². The maximum Gasteiger partial charge on any atom is 0.257 e. The van der Waals surface area contributed by atoms with Crippen molar-refractivity contribution in [3.8, 4) is 5.75 Å². The second-order valence-corrected chi connectivity index (χ2v) is 7.69. The van der Waals surface area contributed by atoms with E-state index in [1.165, 1.54) is 23.1 Å². The largest absolute Gasteiger partial charge is 0.494 e. The highest BCUT2D eigenvalue weighted by atomic mass is 32.2. The first-order valence-electron chi connectivity index (χ1n) is 8.49. The van der Waals surface area contributed by atoms with Gasteiger partial charge in [-0.2, -0.15) is 0 Å². The highest BCUT2D eigenvalue weighted by molar-refractivity contribution is 8.01. The Labute approximate surface area is 170 Å². The van der Waals surface area contributed by atoms with Crippen LogP contribution in [0.2, 0.25) is 0 Å². The minimum atomic E-state index is -0.249. The number of aromatic nitrogens is 2. The molecule has 2 aromatic carbocycles.